The van der Waals surface area contributed by atoms with Crippen LogP contribution in [0.25, 0.3) is 5.76 Å². The highest BCUT2D eigenvalue weighted by Gasteiger charge is 2.48. The number of carbonyl (C=O) groups is 2. The Bertz CT molecular complexity index is 909. The lowest BCUT2D eigenvalue weighted by Gasteiger charge is -2.25. The van der Waals surface area contributed by atoms with Gasteiger partial charge in [-0.1, -0.05) is 0 Å². The third-order valence-electron chi connectivity index (χ3n) is 5.22. The van der Waals surface area contributed by atoms with E-state index >= 15 is 0 Å². The van der Waals surface area contributed by atoms with Gasteiger partial charge in [-0.05, 0) is 56.2 Å². The second-order valence-corrected chi connectivity index (χ2v) is 7.06. The van der Waals surface area contributed by atoms with Gasteiger partial charge in [0.1, 0.15) is 23.3 Å². The van der Waals surface area contributed by atoms with Crippen molar-refractivity contribution in [3.8, 4) is 5.75 Å². The summed E-state index contributed by atoms with van der Waals surface area (Å²) in [7, 11) is 0. The number of benzene rings is 1. The number of rotatable bonds is 6. The van der Waals surface area contributed by atoms with Crippen LogP contribution in [0.5, 0.6) is 5.75 Å². The number of hydrogen-bond donors (Lipinski definition) is 1. The monoisotopic (exact) mass is 397 g/mol. The number of carbonyl (C=O) groups excluding carboxylic acids is 2. The van der Waals surface area contributed by atoms with Crippen LogP contribution in [0, 0.1) is 0 Å². The SMILES string of the molecule is CCOc1ccc(C(O)=C2C(=O)C(=O)N(CC3CCCO3)C2c2ccco2)cc1. The molecule has 2 aliphatic heterocycles. The molecule has 2 saturated heterocycles. The average Bonchev–Trinajstić information content (AvgIpc) is 3.47. The molecule has 1 amide bonds. The topological polar surface area (TPSA) is 89.2 Å². The molecule has 7 heteroatoms. The normalized spacial score (nSPS) is 23.7. The lowest BCUT2D eigenvalue weighted by Crippen LogP contribution is -2.36. The van der Waals surface area contributed by atoms with Crippen LogP contribution in [-0.2, 0) is 14.3 Å². The fourth-order valence-electron chi connectivity index (χ4n) is 3.85. The van der Waals surface area contributed by atoms with Crippen molar-refractivity contribution in [2.45, 2.75) is 31.9 Å². The predicted octanol–water partition coefficient (Wildman–Crippen LogP) is 3.28. The van der Waals surface area contributed by atoms with Crippen molar-refractivity contribution in [3.05, 3.63) is 59.6 Å². The molecule has 0 aliphatic carbocycles. The number of ketones is 1. The number of aliphatic hydroxyl groups excluding tert-OH is 1. The van der Waals surface area contributed by atoms with Crippen molar-refractivity contribution in [2.75, 3.05) is 19.8 Å². The Morgan fingerprint density at radius 3 is 2.66 bits per heavy atom. The smallest absolute Gasteiger partial charge is 0.295 e. The van der Waals surface area contributed by atoms with E-state index in [4.69, 9.17) is 13.9 Å². The molecule has 0 saturated carbocycles. The van der Waals surface area contributed by atoms with Crippen LogP contribution in [0.1, 0.15) is 37.1 Å². The molecule has 29 heavy (non-hydrogen) atoms. The van der Waals surface area contributed by atoms with E-state index in [2.05, 4.69) is 0 Å². The molecule has 4 rings (SSSR count). The highest BCUT2D eigenvalue weighted by molar-refractivity contribution is 6.46. The number of nitrogens with zero attached hydrogens (tertiary/aromatic N) is 1. The number of furan rings is 1. The molecule has 7 nitrogen and oxygen atoms in total. The molecular formula is C22H23NO6. The van der Waals surface area contributed by atoms with E-state index in [0.29, 0.717) is 30.3 Å². The standard InChI is InChI=1S/C22H23NO6/c1-2-27-15-9-7-14(8-10-15)20(24)18-19(17-6-4-12-29-17)23(22(26)21(18)25)13-16-5-3-11-28-16/h4,6-10,12,16,19,24H,2-3,5,11,13H2,1H3. The molecule has 2 aromatic rings. The predicted molar refractivity (Wildman–Crippen MR) is 104 cm³/mol. The van der Waals surface area contributed by atoms with E-state index in [1.807, 2.05) is 6.92 Å². The van der Waals surface area contributed by atoms with E-state index in [-0.39, 0.29) is 24.0 Å². The molecule has 2 atom stereocenters. The highest BCUT2D eigenvalue weighted by atomic mass is 16.5. The molecule has 1 N–H and O–H groups in total. The van der Waals surface area contributed by atoms with E-state index in [9.17, 15) is 14.7 Å². The van der Waals surface area contributed by atoms with Gasteiger partial charge >= 0.3 is 0 Å². The van der Waals surface area contributed by atoms with Gasteiger partial charge in [0.2, 0.25) is 0 Å². The summed E-state index contributed by atoms with van der Waals surface area (Å²) in [6.07, 6.45) is 3.10. The summed E-state index contributed by atoms with van der Waals surface area (Å²) in [6.45, 7) is 3.33. The third kappa shape index (κ3) is 3.65. The maximum Gasteiger partial charge on any atom is 0.295 e. The molecule has 2 aliphatic rings. The van der Waals surface area contributed by atoms with Crippen LogP contribution in [-0.4, -0.2) is 47.6 Å². The minimum absolute atomic E-state index is 0.0205. The Labute approximate surface area is 168 Å². The molecule has 2 unspecified atom stereocenters. The Hall–Kier alpha value is -3.06. The summed E-state index contributed by atoms with van der Waals surface area (Å²) >= 11 is 0. The van der Waals surface area contributed by atoms with Gasteiger partial charge in [-0.25, -0.2) is 0 Å². The number of Topliss-reactive ketones (excluding diaryl/α,β-unsaturated/α-hetero) is 1. The van der Waals surface area contributed by atoms with Crippen LogP contribution in [0.2, 0.25) is 0 Å². The first-order valence-electron chi connectivity index (χ1n) is 9.76. The van der Waals surface area contributed by atoms with Crippen molar-refractivity contribution < 1.29 is 28.6 Å². The van der Waals surface area contributed by atoms with Crippen molar-refractivity contribution in [1.82, 2.24) is 4.90 Å². The van der Waals surface area contributed by atoms with Gasteiger partial charge in [0.15, 0.2) is 0 Å². The van der Waals surface area contributed by atoms with E-state index in [1.165, 1.54) is 11.2 Å². The maximum absolute atomic E-state index is 12.9. The summed E-state index contributed by atoms with van der Waals surface area (Å²) < 4.78 is 16.6. The summed E-state index contributed by atoms with van der Waals surface area (Å²) in [6, 6.07) is 9.34. The number of likely N-dealkylation sites (tertiary alicyclic amines) is 1. The Morgan fingerprint density at radius 1 is 1.24 bits per heavy atom. The minimum atomic E-state index is -0.791. The van der Waals surface area contributed by atoms with Gasteiger partial charge in [-0.2, -0.15) is 0 Å². The van der Waals surface area contributed by atoms with Crippen LogP contribution < -0.4 is 4.74 Å². The van der Waals surface area contributed by atoms with Crippen LogP contribution in [0.4, 0.5) is 0 Å². The van der Waals surface area contributed by atoms with Gasteiger partial charge in [0, 0.05) is 18.7 Å². The van der Waals surface area contributed by atoms with Crippen LogP contribution >= 0.6 is 0 Å². The molecule has 2 fully saturated rings. The van der Waals surface area contributed by atoms with Gasteiger partial charge in [0.05, 0.1) is 24.5 Å². The molecule has 3 heterocycles. The molecule has 1 aromatic carbocycles. The largest absolute Gasteiger partial charge is 0.507 e. The van der Waals surface area contributed by atoms with Gasteiger partial charge in [-0.15, -0.1) is 0 Å². The summed E-state index contributed by atoms with van der Waals surface area (Å²) in [5.74, 6) is -0.534. The quantitative estimate of drug-likeness (QED) is 0.457. The van der Waals surface area contributed by atoms with Gasteiger partial charge in [-0.3, -0.25) is 9.59 Å². The lowest BCUT2D eigenvalue weighted by atomic mass is 9.99. The Balaban J connectivity index is 1.74. The van der Waals surface area contributed by atoms with E-state index in [1.54, 1.807) is 36.4 Å². The van der Waals surface area contributed by atoms with Crippen molar-refractivity contribution in [2.24, 2.45) is 0 Å². The molecular weight excluding hydrogens is 374 g/mol. The zero-order chi connectivity index (χ0) is 20.4. The second kappa shape index (κ2) is 8.13. The van der Waals surface area contributed by atoms with Gasteiger partial charge in [0.25, 0.3) is 11.7 Å². The number of amides is 1. The van der Waals surface area contributed by atoms with E-state index in [0.717, 1.165) is 12.8 Å². The fraction of sp³-hybridized carbons (Fsp3) is 0.364. The molecule has 1 aromatic heterocycles. The number of ether oxygens (including phenoxy) is 2. The average molecular weight is 397 g/mol. The minimum Gasteiger partial charge on any atom is -0.507 e. The van der Waals surface area contributed by atoms with Crippen LogP contribution in [0.15, 0.2) is 52.7 Å². The zero-order valence-corrected chi connectivity index (χ0v) is 16.2. The van der Waals surface area contributed by atoms with Crippen LogP contribution in [0.3, 0.4) is 0 Å². The highest BCUT2D eigenvalue weighted by Crippen LogP contribution is 2.40. The lowest BCUT2D eigenvalue weighted by molar-refractivity contribution is -0.141. The van der Waals surface area contributed by atoms with Crippen molar-refractivity contribution in [3.63, 3.8) is 0 Å². The Kier molecular flexibility index (Phi) is 5.40. The summed E-state index contributed by atoms with van der Waals surface area (Å²) in [5.41, 5.74) is 0.451. The van der Waals surface area contributed by atoms with Crippen molar-refractivity contribution in [1.29, 1.82) is 0 Å². The molecule has 0 spiro atoms. The summed E-state index contributed by atoms with van der Waals surface area (Å²) in [5, 5.41) is 10.9. The van der Waals surface area contributed by atoms with E-state index < -0.39 is 17.7 Å². The Morgan fingerprint density at radius 2 is 2.03 bits per heavy atom. The zero-order valence-electron chi connectivity index (χ0n) is 16.2. The van der Waals surface area contributed by atoms with Crippen molar-refractivity contribution >= 4 is 17.4 Å². The second-order valence-electron chi connectivity index (χ2n) is 7.06. The number of aliphatic hydroxyl groups is 1. The molecule has 0 bridgehead atoms. The third-order valence-corrected chi connectivity index (χ3v) is 5.22. The van der Waals surface area contributed by atoms with Gasteiger partial charge < -0.3 is 23.9 Å². The number of hydrogen-bond acceptors (Lipinski definition) is 6. The molecule has 0 radical (unpaired) electrons. The first-order valence-corrected chi connectivity index (χ1v) is 9.76. The molecule has 152 valence electrons. The first-order chi connectivity index (χ1) is 14.1. The maximum atomic E-state index is 12.9. The fourth-order valence-corrected chi connectivity index (χ4v) is 3.85. The first kappa shape index (κ1) is 19.3. The summed E-state index contributed by atoms with van der Waals surface area (Å²) in [4.78, 5) is 27.1.